The number of carbonyl (C=O) groups is 1. The minimum absolute atomic E-state index is 0.0307. The summed E-state index contributed by atoms with van der Waals surface area (Å²) in [5.74, 6) is 0.235. The standard InChI is InChI=1S/C20H28F3NO3/c1-3-5-7-13-10-14(15-12-16(15)19(25)26-4-2)11-17(24)18(13)27-9-6-8-20(21,22)23/h10-11,15-16H,3-9,12,24H2,1-2H3. The molecule has 0 spiro atoms. The summed E-state index contributed by atoms with van der Waals surface area (Å²) in [6, 6.07) is 3.76. The van der Waals surface area contributed by atoms with Crippen molar-refractivity contribution < 1.29 is 27.4 Å². The van der Waals surface area contributed by atoms with E-state index in [1.54, 1.807) is 13.0 Å². The number of nitrogen functional groups attached to an aromatic ring is 1. The number of halogens is 3. The Kier molecular flexibility index (Phi) is 7.39. The fraction of sp³-hybridized carbons (Fsp3) is 0.650. The van der Waals surface area contributed by atoms with Crippen LogP contribution in [0, 0.1) is 5.92 Å². The lowest BCUT2D eigenvalue weighted by Crippen LogP contribution is -2.11. The number of ether oxygens (including phenoxy) is 2. The summed E-state index contributed by atoms with van der Waals surface area (Å²) in [5.41, 5.74) is 8.43. The van der Waals surface area contributed by atoms with Gasteiger partial charge in [0.25, 0.3) is 0 Å². The lowest BCUT2D eigenvalue weighted by atomic mass is 9.99. The number of alkyl halides is 3. The molecule has 0 saturated heterocycles. The molecule has 2 rings (SSSR count). The number of rotatable bonds is 10. The maximum Gasteiger partial charge on any atom is 0.389 e. The smallest absolute Gasteiger partial charge is 0.389 e. The number of hydrogen-bond acceptors (Lipinski definition) is 4. The van der Waals surface area contributed by atoms with Gasteiger partial charge in [-0.25, -0.2) is 0 Å². The lowest BCUT2D eigenvalue weighted by molar-refractivity contribution is -0.144. The van der Waals surface area contributed by atoms with Crippen LogP contribution in [-0.2, 0) is 16.0 Å². The van der Waals surface area contributed by atoms with Crippen molar-refractivity contribution in [3.05, 3.63) is 23.3 Å². The van der Waals surface area contributed by atoms with Crippen LogP contribution in [0.25, 0.3) is 0 Å². The second-order valence-electron chi connectivity index (χ2n) is 6.97. The van der Waals surface area contributed by atoms with Crippen molar-refractivity contribution in [2.75, 3.05) is 18.9 Å². The minimum atomic E-state index is -4.18. The van der Waals surface area contributed by atoms with Gasteiger partial charge in [0.15, 0.2) is 0 Å². The average molecular weight is 387 g/mol. The van der Waals surface area contributed by atoms with Crippen LogP contribution in [0.5, 0.6) is 5.75 Å². The Balaban J connectivity index is 2.09. The largest absolute Gasteiger partial charge is 0.491 e. The Labute approximate surface area is 158 Å². The molecule has 1 aromatic rings. The van der Waals surface area contributed by atoms with Gasteiger partial charge in [-0.1, -0.05) is 19.4 Å². The summed E-state index contributed by atoms with van der Waals surface area (Å²) < 4.78 is 47.6. The molecule has 7 heteroatoms. The first-order valence-corrected chi connectivity index (χ1v) is 9.55. The van der Waals surface area contributed by atoms with Crippen molar-refractivity contribution in [1.29, 1.82) is 0 Å². The molecule has 2 atom stereocenters. The fourth-order valence-electron chi connectivity index (χ4n) is 3.20. The second kappa shape index (κ2) is 9.33. The molecule has 0 aromatic heterocycles. The SMILES string of the molecule is CCCCc1cc(C2CC2C(=O)OCC)cc(N)c1OCCCC(F)(F)F. The van der Waals surface area contributed by atoms with Gasteiger partial charge in [-0.15, -0.1) is 0 Å². The molecule has 1 aliphatic rings. The monoisotopic (exact) mass is 387 g/mol. The van der Waals surface area contributed by atoms with Crippen LogP contribution in [0.2, 0.25) is 0 Å². The Morgan fingerprint density at radius 2 is 2.00 bits per heavy atom. The van der Waals surface area contributed by atoms with Crippen molar-refractivity contribution in [3.8, 4) is 5.75 Å². The summed E-state index contributed by atoms with van der Waals surface area (Å²) in [4.78, 5) is 11.9. The molecule has 0 bridgehead atoms. The van der Waals surface area contributed by atoms with Crippen LogP contribution in [0.1, 0.15) is 63.0 Å². The van der Waals surface area contributed by atoms with Gasteiger partial charge in [-0.3, -0.25) is 4.79 Å². The highest BCUT2D eigenvalue weighted by Gasteiger charge is 2.45. The zero-order valence-electron chi connectivity index (χ0n) is 15.9. The van der Waals surface area contributed by atoms with Crippen LogP contribution in [0.4, 0.5) is 18.9 Å². The molecule has 1 fully saturated rings. The van der Waals surface area contributed by atoms with Gasteiger partial charge in [-0.05, 0) is 55.7 Å². The van der Waals surface area contributed by atoms with Crippen LogP contribution < -0.4 is 10.5 Å². The molecule has 0 amide bonds. The molecular weight excluding hydrogens is 359 g/mol. The maximum atomic E-state index is 12.3. The minimum Gasteiger partial charge on any atom is -0.491 e. The molecule has 27 heavy (non-hydrogen) atoms. The molecule has 2 N–H and O–H groups in total. The highest BCUT2D eigenvalue weighted by molar-refractivity contribution is 5.77. The van der Waals surface area contributed by atoms with E-state index in [4.69, 9.17) is 15.2 Å². The first kappa shape index (κ1) is 21.4. The van der Waals surface area contributed by atoms with Crippen LogP contribution in [0.15, 0.2) is 12.1 Å². The van der Waals surface area contributed by atoms with Crippen LogP contribution >= 0.6 is 0 Å². The van der Waals surface area contributed by atoms with E-state index in [0.29, 0.717) is 18.0 Å². The lowest BCUT2D eigenvalue weighted by Gasteiger charge is -2.16. The Bertz CT molecular complexity index is 646. The molecule has 0 heterocycles. The highest BCUT2D eigenvalue weighted by Crippen LogP contribution is 2.50. The van der Waals surface area contributed by atoms with Crippen molar-refractivity contribution in [3.63, 3.8) is 0 Å². The number of aryl methyl sites for hydroxylation is 1. The predicted octanol–water partition coefficient (Wildman–Crippen LogP) is 5.00. The number of esters is 1. The number of hydrogen-bond donors (Lipinski definition) is 1. The Morgan fingerprint density at radius 1 is 1.26 bits per heavy atom. The van der Waals surface area contributed by atoms with Gasteiger partial charge in [0.2, 0.25) is 0 Å². The summed E-state index contributed by atoms with van der Waals surface area (Å²) in [5, 5.41) is 0. The van der Waals surface area contributed by atoms with Gasteiger partial charge >= 0.3 is 12.1 Å². The number of nitrogens with two attached hydrogens (primary N) is 1. The van der Waals surface area contributed by atoms with E-state index in [1.165, 1.54) is 0 Å². The molecule has 152 valence electrons. The van der Waals surface area contributed by atoms with E-state index in [-0.39, 0.29) is 30.8 Å². The third-order valence-corrected chi connectivity index (χ3v) is 4.68. The topological polar surface area (TPSA) is 61.5 Å². The first-order chi connectivity index (χ1) is 12.8. The van der Waals surface area contributed by atoms with E-state index in [9.17, 15) is 18.0 Å². The summed E-state index contributed by atoms with van der Waals surface area (Å²) >= 11 is 0. The predicted molar refractivity (Wildman–Crippen MR) is 97.7 cm³/mol. The van der Waals surface area contributed by atoms with E-state index in [0.717, 1.165) is 36.8 Å². The van der Waals surface area contributed by atoms with Crippen molar-refractivity contribution in [2.24, 2.45) is 5.92 Å². The number of unbranched alkanes of at least 4 members (excludes halogenated alkanes) is 1. The van der Waals surface area contributed by atoms with E-state index < -0.39 is 12.6 Å². The second-order valence-corrected chi connectivity index (χ2v) is 6.97. The first-order valence-electron chi connectivity index (χ1n) is 9.55. The number of benzene rings is 1. The number of carbonyl (C=O) groups excluding carboxylic acids is 1. The van der Waals surface area contributed by atoms with Gasteiger partial charge in [-0.2, -0.15) is 13.2 Å². The number of anilines is 1. The van der Waals surface area contributed by atoms with Gasteiger partial charge < -0.3 is 15.2 Å². The van der Waals surface area contributed by atoms with Gasteiger partial charge in [0.1, 0.15) is 5.75 Å². The van der Waals surface area contributed by atoms with Crippen molar-refractivity contribution >= 4 is 11.7 Å². The molecule has 4 nitrogen and oxygen atoms in total. The maximum absolute atomic E-state index is 12.3. The fourth-order valence-corrected chi connectivity index (χ4v) is 3.20. The Hall–Kier alpha value is -1.92. The third kappa shape index (κ3) is 6.33. The van der Waals surface area contributed by atoms with E-state index in [2.05, 4.69) is 6.92 Å². The quantitative estimate of drug-likeness (QED) is 0.349. The molecule has 1 saturated carbocycles. The highest BCUT2D eigenvalue weighted by atomic mass is 19.4. The molecular formula is C20H28F3NO3. The molecule has 0 aliphatic heterocycles. The van der Waals surface area contributed by atoms with E-state index in [1.807, 2.05) is 6.07 Å². The molecule has 1 aromatic carbocycles. The summed E-state index contributed by atoms with van der Waals surface area (Å²) in [6.07, 6.45) is -1.79. The van der Waals surface area contributed by atoms with Crippen molar-refractivity contribution in [2.45, 2.75) is 64.5 Å². The van der Waals surface area contributed by atoms with Crippen LogP contribution in [-0.4, -0.2) is 25.4 Å². The normalized spacial score (nSPS) is 19.0. The van der Waals surface area contributed by atoms with Gasteiger partial charge in [0, 0.05) is 6.42 Å². The zero-order valence-corrected chi connectivity index (χ0v) is 15.9. The summed E-state index contributed by atoms with van der Waals surface area (Å²) in [7, 11) is 0. The molecule has 1 aliphatic carbocycles. The van der Waals surface area contributed by atoms with E-state index >= 15 is 0 Å². The molecule has 2 unspecified atom stereocenters. The average Bonchev–Trinajstić information content (AvgIpc) is 3.38. The van der Waals surface area contributed by atoms with Crippen molar-refractivity contribution in [1.82, 2.24) is 0 Å². The summed E-state index contributed by atoms with van der Waals surface area (Å²) in [6.45, 7) is 4.17. The van der Waals surface area contributed by atoms with Crippen LogP contribution in [0.3, 0.4) is 0 Å². The zero-order chi connectivity index (χ0) is 20.0. The Morgan fingerprint density at radius 3 is 2.63 bits per heavy atom. The van der Waals surface area contributed by atoms with Gasteiger partial charge in [0.05, 0.1) is 24.8 Å². The third-order valence-electron chi connectivity index (χ3n) is 4.68. The molecule has 0 radical (unpaired) electrons.